The predicted octanol–water partition coefficient (Wildman–Crippen LogP) is 9.99. The predicted molar refractivity (Wildman–Crippen MR) is 226 cm³/mol. The first-order valence-corrected chi connectivity index (χ1v) is 19.8. The van der Waals surface area contributed by atoms with Crippen LogP contribution in [0.5, 0.6) is 17.2 Å². The van der Waals surface area contributed by atoms with Gasteiger partial charge < -0.3 is 28.4 Å². The van der Waals surface area contributed by atoms with Crippen molar-refractivity contribution in [3.05, 3.63) is 145 Å². The number of halogens is 2. The molecule has 1 atom stereocenters. The Morgan fingerprint density at radius 3 is 2.31 bits per heavy atom. The average Bonchev–Trinajstić information content (AvgIpc) is 3.23. The Morgan fingerprint density at radius 1 is 0.918 bits per heavy atom. The van der Waals surface area contributed by atoms with E-state index in [9.17, 15) is 29.8 Å². The van der Waals surface area contributed by atoms with Crippen LogP contribution in [0, 0.1) is 21.4 Å². The molecule has 5 aromatic rings. The number of nitro benzene ring substituents is 1. The van der Waals surface area contributed by atoms with Gasteiger partial charge in [-0.15, -0.1) is 0 Å². The fourth-order valence-electron chi connectivity index (χ4n) is 5.66. The van der Waals surface area contributed by atoms with Crippen LogP contribution >= 0.6 is 27.5 Å². The molecule has 1 heterocycles. The summed E-state index contributed by atoms with van der Waals surface area (Å²) in [4.78, 5) is 55.9. The first-order valence-electron chi connectivity index (χ1n) is 18.7. The Morgan fingerprint density at radius 2 is 1.64 bits per heavy atom. The summed E-state index contributed by atoms with van der Waals surface area (Å²) >= 11 is 10.6. The highest BCUT2D eigenvalue weighted by Crippen LogP contribution is 2.37. The maximum Gasteiger partial charge on any atom is 0.513 e. The van der Waals surface area contributed by atoms with Gasteiger partial charge in [-0.3, -0.25) is 15.0 Å². The van der Waals surface area contributed by atoms with Crippen molar-refractivity contribution in [2.45, 2.75) is 59.1 Å². The van der Waals surface area contributed by atoms with Crippen molar-refractivity contribution in [2.24, 2.45) is 0 Å². The SMILES string of the molecule is CCOC(=O)[C@H](COC(=O)Oc1ccc([N+](=O)[O-])cc1)N(Cc1cc(Cl)c(OCc2cccc(-c3ccccc3)c2Br)cc1OCc1ccnc(C#N)c1)C(=O)OC(C)(C)C. The number of nitriles is 1. The largest absolute Gasteiger partial charge is 0.513 e. The molecule has 17 heteroatoms. The maximum atomic E-state index is 14.0. The summed E-state index contributed by atoms with van der Waals surface area (Å²) in [6.45, 7) is 5.28. The number of nitro groups is 1. The summed E-state index contributed by atoms with van der Waals surface area (Å²) in [7, 11) is 0. The van der Waals surface area contributed by atoms with Crippen LogP contribution in [0.3, 0.4) is 0 Å². The molecule has 1 amide bonds. The van der Waals surface area contributed by atoms with E-state index in [1.54, 1.807) is 45.9 Å². The minimum absolute atomic E-state index is 0.0543. The molecule has 61 heavy (non-hydrogen) atoms. The molecule has 0 saturated carbocycles. The zero-order valence-electron chi connectivity index (χ0n) is 33.5. The second-order valence-electron chi connectivity index (χ2n) is 14.1. The van der Waals surface area contributed by atoms with Crippen molar-refractivity contribution in [3.63, 3.8) is 0 Å². The molecule has 0 saturated heterocycles. The van der Waals surface area contributed by atoms with E-state index in [1.165, 1.54) is 24.4 Å². The number of nitrogens with zero attached hydrogens (tertiary/aromatic N) is 4. The van der Waals surface area contributed by atoms with Crippen LogP contribution in [0.1, 0.15) is 50.1 Å². The maximum absolute atomic E-state index is 14.0. The minimum atomic E-state index is -1.59. The van der Waals surface area contributed by atoms with Crippen molar-refractivity contribution in [2.75, 3.05) is 13.2 Å². The Hall–Kier alpha value is -6.70. The molecule has 15 nitrogen and oxygen atoms in total. The van der Waals surface area contributed by atoms with Crippen molar-refractivity contribution in [3.8, 4) is 34.4 Å². The number of carbonyl (C=O) groups is 3. The van der Waals surface area contributed by atoms with Gasteiger partial charge in [-0.05, 0) is 90.6 Å². The summed E-state index contributed by atoms with van der Waals surface area (Å²) in [6, 6.07) is 27.0. The molecule has 1 aromatic heterocycles. The van der Waals surface area contributed by atoms with Gasteiger partial charge in [0, 0.05) is 40.0 Å². The van der Waals surface area contributed by atoms with Crippen molar-refractivity contribution in [1.82, 2.24) is 9.88 Å². The summed E-state index contributed by atoms with van der Waals surface area (Å²) < 4.78 is 34.9. The fourth-order valence-corrected chi connectivity index (χ4v) is 6.51. The molecule has 0 radical (unpaired) electrons. The molecule has 4 aromatic carbocycles. The lowest BCUT2D eigenvalue weighted by molar-refractivity contribution is -0.384. The van der Waals surface area contributed by atoms with E-state index in [4.69, 9.17) is 40.0 Å². The number of non-ortho nitro benzene ring substituents is 1. The monoisotopic (exact) mass is 914 g/mol. The van der Waals surface area contributed by atoms with Crippen LogP contribution in [0.15, 0.2) is 108 Å². The Labute approximate surface area is 364 Å². The zero-order chi connectivity index (χ0) is 44.1. The zero-order valence-corrected chi connectivity index (χ0v) is 35.8. The van der Waals surface area contributed by atoms with Gasteiger partial charge in [0.1, 0.15) is 54.4 Å². The number of amides is 1. The van der Waals surface area contributed by atoms with Crippen LogP contribution in [-0.4, -0.2) is 57.9 Å². The quantitative estimate of drug-likeness (QED) is 0.0299. The number of aromatic nitrogens is 1. The van der Waals surface area contributed by atoms with Crippen LogP contribution in [0.2, 0.25) is 5.02 Å². The summed E-state index contributed by atoms with van der Waals surface area (Å²) in [5, 5.41) is 20.6. The Kier molecular flexibility index (Phi) is 15.6. The molecular formula is C44H40BrClN4O11. The highest BCUT2D eigenvalue weighted by Gasteiger charge is 2.36. The number of benzene rings is 4. The van der Waals surface area contributed by atoms with E-state index in [-0.39, 0.29) is 65.6 Å². The third-order valence-corrected chi connectivity index (χ3v) is 9.74. The molecule has 5 rings (SSSR count). The topological polar surface area (TPSA) is 190 Å². The molecule has 0 unspecified atom stereocenters. The standard InChI is InChI=1S/C44H40BrClN4O11/c1-5-56-41(51)37(27-59-43(53)60-34-16-14-33(15-17-34)50(54)55)49(42(52)61-44(2,3)4)24-31-21-36(46)39(22-38(31)57-25-28-18-19-48-32(20-28)23-47)58-26-30-12-9-13-35(40(30)45)29-10-7-6-8-11-29/h6-22,37H,5,24-27H2,1-4H3/t37-/m0/s1. The lowest BCUT2D eigenvalue weighted by Crippen LogP contribution is -2.50. The lowest BCUT2D eigenvalue weighted by Gasteiger charge is -2.32. The van der Waals surface area contributed by atoms with E-state index >= 15 is 0 Å². The lowest BCUT2D eigenvalue weighted by atomic mass is 10.0. The van der Waals surface area contributed by atoms with Gasteiger partial charge in [-0.25, -0.2) is 19.4 Å². The van der Waals surface area contributed by atoms with Crippen LogP contribution in [0.25, 0.3) is 11.1 Å². The highest BCUT2D eigenvalue weighted by molar-refractivity contribution is 9.10. The van der Waals surface area contributed by atoms with E-state index in [0.29, 0.717) is 5.56 Å². The van der Waals surface area contributed by atoms with E-state index in [2.05, 4.69) is 20.9 Å². The van der Waals surface area contributed by atoms with Crippen LogP contribution in [0.4, 0.5) is 15.3 Å². The van der Waals surface area contributed by atoms with Crippen LogP contribution in [-0.2, 0) is 38.8 Å². The number of esters is 1. The molecule has 0 aliphatic carbocycles. The van der Waals surface area contributed by atoms with E-state index in [0.717, 1.165) is 38.2 Å². The number of hydrogen-bond donors (Lipinski definition) is 0. The molecular weight excluding hydrogens is 876 g/mol. The van der Waals surface area contributed by atoms with E-state index < -0.39 is 41.4 Å². The molecule has 0 bridgehead atoms. The first kappa shape index (κ1) is 45.4. The van der Waals surface area contributed by atoms with Crippen molar-refractivity contribution < 1.29 is 47.7 Å². The third kappa shape index (κ3) is 12.9. The van der Waals surface area contributed by atoms with Gasteiger partial charge in [0.2, 0.25) is 0 Å². The normalized spacial score (nSPS) is 11.4. The van der Waals surface area contributed by atoms with E-state index in [1.807, 2.05) is 54.6 Å². The van der Waals surface area contributed by atoms with Crippen molar-refractivity contribution >= 4 is 51.4 Å². The highest BCUT2D eigenvalue weighted by atomic mass is 79.9. The fraction of sp³-hybridized carbons (Fsp3) is 0.250. The summed E-state index contributed by atoms with van der Waals surface area (Å²) in [5.41, 5.74) is 2.59. The number of hydrogen-bond acceptors (Lipinski definition) is 13. The number of pyridine rings is 1. The second-order valence-corrected chi connectivity index (χ2v) is 15.3. The summed E-state index contributed by atoms with van der Waals surface area (Å²) in [6.07, 6.45) is -0.774. The van der Waals surface area contributed by atoms with Crippen molar-refractivity contribution in [1.29, 1.82) is 5.26 Å². The molecule has 0 fully saturated rings. The van der Waals surface area contributed by atoms with Gasteiger partial charge in [0.15, 0.2) is 6.04 Å². The summed E-state index contributed by atoms with van der Waals surface area (Å²) in [5.74, 6) is -0.595. The first-order chi connectivity index (χ1) is 29.1. The minimum Gasteiger partial charge on any atom is -0.488 e. The van der Waals surface area contributed by atoms with Gasteiger partial charge in [0.05, 0.1) is 23.1 Å². The third-order valence-electron chi connectivity index (χ3n) is 8.51. The Balaban J connectivity index is 1.48. The number of carbonyl (C=O) groups excluding carboxylic acids is 3. The molecule has 0 spiro atoms. The van der Waals surface area contributed by atoms with Gasteiger partial charge >= 0.3 is 18.2 Å². The number of rotatable bonds is 16. The second kappa shape index (κ2) is 21.0. The molecule has 316 valence electrons. The number of ether oxygens (including phenoxy) is 6. The molecule has 0 aliphatic heterocycles. The molecule has 0 N–H and O–H groups in total. The molecule has 0 aliphatic rings. The average molecular weight is 916 g/mol. The Bertz CT molecular complexity index is 2400. The van der Waals surface area contributed by atoms with Gasteiger partial charge in [-0.1, -0.05) is 60.1 Å². The van der Waals surface area contributed by atoms with Gasteiger partial charge in [0.25, 0.3) is 5.69 Å². The van der Waals surface area contributed by atoms with Gasteiger partial charge in [-0.2, -0.15) is 5.26 Å². The van der Waals surface area contributed by atoms with Crippen LogP contribution < -0.4 is 14.2 Å². The smallest absolute Gasteiger partial charge is 0.488 e.